The van der Waals surface area contributed by atoms with Crippen LogP contribution < -0.4 is 0 Å². The maximum Gasteiger partial charge on any atom is 0.250 e. The fourth-order valence-electron chi connectivity index (χ4n) is 5.33. The number of hydrogen-bond acceptors (Lipinski definition) is 2. The van der Waals surface area contributed by atoms with Crippen molar-refractivity contribution in [3.05, 3.63) is 35.6 Å². The van der Waals surface area contributed by atoms with E-state index in [0.29, 0.717) is 0 Å². The first-order chi connectivity index (χ1) is 13.6. The summed E-state index contributed by atoms with van der Waals surface area (Å²) in [5, 5.41) is 0. The zero-order valence-corrected chi connectivity index (χ0v) is 16.6. The highest BCUT2D eigenvalue weighted by molar-refractivity contribution is 5.96. The molecule has 28 heavy (non-hydrogen) atoms. The van der Waals surface area contributed by atoms with Crippen LogP contribution in [0.3, 0.4) is 0 Å². The van der Waals surface area contributed by atoms with E-state index in [-0.39, 0.29) is 36.3 Å². The molecule has 2 saturated carbocycles. The molecular formula is C23H31FN2O2. The van der Waals surface area contributed by atoms with Crippen molar-refractivity contribution in [2.75, 3.05) is 6.54 Å². The van der Waals surface area contributed by atoms with Gasteiger partial charge in [-0.15, -0.1) is 0 Å². The second-order valence-electron chi connectivity index (χ2n) is 8.66. The van der Waals surface area contributed by atoms with Crippen molar-refractivity contribution in [3.8, 4) is 0 Å². The Morgan fingerprint density at radius 1 is 0.750 bits per heavy atom. The van der Waals surface area contributed by atoms with Crippen LogP contribution in [0.25, 0.3) is 0 Å². The lowest BCUT2D eigenvalue weighted by molar-refractivity contribution is -0.162. The maximum atomic E-state index is 13.7. The number of rotatable bonds is 3. The first-order valence-corrected chi connectivity index (χ1v) is 11.0. The fraction of sp³-hybridized carbons (Fsp3) is 0.652. The highest BCUT2D eigenvalue weighted by Gasteiger charge is 2.45. The van der Waals surface area contributed by atoms with Crippen molar-refractivity contribution in [3.63, 3.8) is 0 Å². The number of halogens is 1. The number of nitrogens with zero attached hydrogens (tertiary/aromatic N) is 2. The van der Waals surface area contributed by atoms with Crippen LogP contribution in [-0.4, -0.2) is 40.2 Å². The lowest BCUT2D eigenvalue weighted by Crippen LogP contribution is -2.60. The van der Waals surface area contributed by atoms with Gasteiger partial charge in [-0.3, -0.25) is 9.59 Å². The average Bonchev–Trinajstić information content (AvgIpc) is 3.00. The molecule has 0 radical (unpaired) electrons. The predicted molar refractivity (Wildman–Crippen MR) is 106 cm³/mol. The molecule has 0 bridgehead atoms. The number of piperazine rings is 1. The lowest BCUT2D eigenvalue weighted by Gasteiger charge is -2.47. The van der Waals surface area contributed by atoms with Crippen LogP contribution in [0.1, 0.15) is 82.2 Å². The minimum absolute atomic E-state index is 0.0312. The monoisotopic (exact) mass is 386 g/mol. The minimum atomic E-state index is -0.604. The molecule has 1 aromatic carbocycles. The van der Waals surface area contributed by atoms with Crippen LogP contribution in [0.4, 0.5) is 4.39 Å². The smallest absolute Gasteiger partial charge is 0.250 e. The molecule has 1 atom stereocenters. The van der Waals surface area contributed by atoms with Crippen molar-refractivity contribution in [1.29, 1.82) is 0 Å². The molecule has 0 spiro atoms. The number of benzene rings is 1. The van der Waals surface area contributed by atoms with Crippen LogP contribution in [-0.2, 0) is 9.59 Å². The number of carbonyl (C=O) groups is 2. The van der Waals surface area contributed by atoms with E-state index in [4.69, 9.17) is 0 Å². The molecule has 1 unspecified atom stereocenters. The quantitative estimate of drug-likeness (QED) is 0.713. The topological polar surface area (TPSA) is 40.6 Å². The Labute approximate surface area is 167 Å². The van der Waals surface area contributed by atoms with Crippen LogP contribution >= 0.6 is 0 Å². The van der Waals surface area contributed by atoms with Gasteiger partial charge < -0.3 is 9.80 Å². The third kappa shape index (κ3) is 3.94. The summed E-state index contributed by atoms with van der Waals surface area (Å²) in [4.78, 5) is 30.6. The summed E-state index contributed by atoms with van der Waals surface area (Å²) in [5.41, 5.74) is 0.739. The molecule has 1 aliphatic heterocycles. The van der Waals surface area contributed by atoms with Crippen molar-refractivity contribution >= 4 is 11.8 Å². The largest absolute Gasteiger partial charge is 0.328 e. The molecule has 1 aromatic rings. The van der Waals surface area contributed by atoms with Crippen molar-refractivity contribution < 1.29 is 14.0 Å². The normalized spacial score (nSPS) is 25.8. The van der Waals surface area contributed by atoms with Gasteiger partial charge in [-0.1, -0.05) is 57.1 Å². The second-order valence-corrected chi connectivity index (χ2v) is 8.66. The molecule has 5 heteroatoms. The van der Waals surface area contributed by atoms with Gasteiger partial charge in [0.2, 0.25) is 5.91 Å². The van der Waals surface area contributed by atoms with Gasteiger partial charge in [-0.05, 0) is 43.4 Å². The van der Waals surface area contributed by atoms with E-state index in [9.17, 15) is 14.0 Å². The summed E-state index contributed by atoms with van der Waals surface area (Å²) < 4.78 is 13.5. The van der Waals surface area contributed by atoms with E-state index in [0.717, 1.165) is 56.9 Å². The maximum absolute atomic E-state index is 13.7. The molecule has 3 fully saturated rings. The summed E-state index contributed by atoms with van der Waals surface area (Å²) in [6.07, 6.45) is 12.0. The third-order valence-corrected chi connectivity index (χ3v) is 6.81. The van der Waals surface area contributed by atoms with Crippen molar-refractivity contribution in [1.82, 2.24) is 9.80 Å². The predicted octanol–water partition coefficient (Wildman–Crippen LogP) is 4.59. The number of carbonyl (C=O) groups excluding carboxylic acids is 2. The van der Waals surface area contributed by atoms with Crippen molar-refractivity contribution in [2.24, 2.45) is 0 Å². The Morgan fingerprint density at radius 2 is 1.29 bits per heavy atom. The average molecular weight is 387 g/mol. The Kier molecular flexibility index (Phi) is 5.98. The molecule has 0 aromatic heterocycles. The molecule has 0 N–H and O–H groups in total. The zero-order valence-electron chi connectivity index (χ0n) is 16.6. The summed E-state index contributed by atoms with van der Waals surface area (Å²) in [7, 11) is 0. The lowest BCUT2D eigenvalue weighted by atomic mass is 9.89. The summed E-state index contributed by atoms with van der Waals surface area (Å²) in [6, 6.07) is 5.84. The first kappa shape index (κ1) is 19.4. The molecule has 4 rings (SSSR count). The first-order valence-electron chi connectivity index (χ1n) is 11.0. The van der Waals surface area contributed by atoms with E-state index < -0.39 is 6.04 Å². The minimum Gasteiger partial charge on any atom is -0.328 e. The van der Waals surface area contributed by atoms with Crippen LogP contribution in [0, 0.1) is 5.82 Å². The van der Waals surface area contributed by atoms with E-state index in [1.54, 1.807) is 12.1 Å². The van der Waals surface area contributed by atoms with Crippen LogP contribution in [0.15, 0.2) is 24.3 Å². The molecule has 152 valence electrons. The fourth-order valence-corrected chi connectivity index (χ4v) is 5.33. The molecule has 3 aliphatic rings. The van der Waals surface area contributed by atoms with Gasteiger partial charge in [-0.2, -0.15) is 0 Å². The second kappa shape index (κ2) is 8.62. The highest BCUT2D eigenvalue weighted by Crippen LogP contribution is 2.36. The summed E-state index contributed by atoms with van der Waals surface area (Å²) >= 11 is 0. The molecule has 1 saturated heterocycles. The van der Waals surface area contributed by atoms with E-state index in [1.807, 2.05) is 9.80 Å². The molecule has 1 heterocycles. The van der Waals surface area contributed by atoms with E-state index >= 15 is 0 Å². The number of amides is 2. The Morgan fingerprint density at radius 3 is 1.89 bits per heavy atom. The standard InChI is InChI=1S/C23H31FN2O2/c24-18-14-12-17(13-15-18)22-23(28)25(19-8-4-1-2-5-9-19)16-21(27)26(22)20-10-6-3-7-11-20/h12-15,19-20,22H,1-11,16H2. The van der Waals surface area contributed by atoms with Crippen LogP contribution in [0.2, 0.25) is 0 Å². The summed E-state index contributed by atoms with van der Waals surface area (Å²) in [5.74, 6) is -0.225. The van der Waals surface area contributed by atoms with Crippen molar-refractivity contribution in [2.45, 2.75) is 88.8 Å². The summed E-state index contributed by atoms with van der Waals surface area (Å²) in [6.45, 7) is 0.206. The van der Waals surface area contributed by atoms with Gasteiger partial charge >= 0.3 is 0 Å². The van der Waals surface area contributed by atoms with E-state index in [2.05, 4.69) is 0 Å². The Hall–Kier alpha value is -1.91. The van der Waals surface area contributed by atoms with Gasteiger partial charge in [-0.25, -0.2) is 4.39 Å². The van der Waals surface area contributed by atoms with Crippen LogP contribution in [0.5, 0.6) is 0 Å². The molecule has 2 aliphatic carbocycles. The van der Waals surface area contributed by atoms with E-state index in [1.165, 1.54) is 31.4 Å². The van der Waals surface area contributed by atoms with Gasteiger partial charge in [0.05, 0.1) is 0 Å². The molecule has 2 amide bonds. The Bertz CT molecular complexity index is 691. The third-order valence-electron chi connectivity index (χ3n) is 6.81. The van der Waals surface area contributed by atoms with Gasteiger partial charge in [0.1, 0.15) is 18.4 Å². The van der Waals surface area contributed by atoms with Gasteiger partial charge in [0.25, 0.3) is 5.91 Å². The highest BCUT2D eigenvalue weighted by atomic mass is 19.1. The SMILES string of the molecule is O=C1C(c2ccc(F)cc2)N(C2CCCCC2)C(=O)CN1C1CCCCCC1. The van der Waals surface area contributed by atoms with Gasteiger partial charge in [0.15, 0.2) is 0 Å². The van der Waals surface area contributed by atoms with Gasteiger partial charge in [0, 0.05) is 12.1 Å². The number of hydrogen-bond donors (Lipinski definition) is 0. The molecule has 4 nitrogen and oxygen atoms in total. The Balaban J connectivity index is 1.66. The molecular weight excluding hydrogens is 355 g/mol. The zero-order chi connectivity index (χ0) is 19.5.